The van der Waals surface area contributed by atoms with Gasteiger partial charge in [0.05, 0.1) is 0 Å². The van der Waals surface area contributed by atoms with Crippen LogP contribution in [0.15, 0.2) is 18.5 Å². The second kappa shape index (κ2) is 3.27. The molecule has 0 spiro atoms. The van der Waals surface area contributed by atoms with Crippen molar-refractivity contribution in [3.05, 3.63) is 29.8 Å². The van der Waals surface area contributed by atoms with Crippen LogP contribution in [0.5, 0.6) is 0 Å². The van der Waals surface area contributed by atoms with Gasteiger partial charge in [-0.2, -0.15) is 0 Å². The number of aromatic nitrogens is 1. The Morgan fingerprint density at radius 3 is 3.00 bits per heavy atom. The fourth-order valence-electron chi connectivity index (χ4n) is 0.715. The highest BCUT2D eigenvalue weighted by atomic mass is 19.1. The first-order valence-corrected chi connectivity index (χ1v) is 3.04. The van der Waals surface area contributed by atoms with E-state index >= 15 is 0 Å². The quantitative estimate of drug-likeness (QED) is 0.659. The third kappa shape index (κ3) is 1.51. The van der Waals surface area contributed by atoms with E-state index in [0.717, 1.165) is 0 Å². The average molecular weight is 141 g/mol. The largest absolute Gasteiger partial charge is 0.396 e. The minimum absolute atomic E-state index is 0.0391. The Kier molecular flexibility index (Phi) is 2.34. The molecule has 0 aliphatic heterocycles. The maximum atomic E-state index is 12.6. The number of pyridine rings is 1. The molecule has 0 unspecified atom stereocenters. The molecule has 1 heterocycles. The van der Waals surface area contributed by atoms with Crippen molar-refractivity contribution in [3.63, 3.8) is 0 Å². The lowest BCUT2D eigenvalue weighted by Gasteiger charge is -1.96. The van der Waals surface area contributed by atoms with Gasteiger partial charge < -0.3 is 5.11 Å². The van der Waals surface area contributed by atoms with E-state index in [2.05, 4.69) is 4.98 Å². The summed E-state index contributed by atoms with van der Waals surface area (Å²) in [4.78, 5) is 3.71. The Labute approximate surface area is 58.3 Å². The van der Waals surface area contributed by atoms with E-state index in [9.17, 15) is 4.39 Å². The SMILES string of the molecule is OCCc1cnccc1F. The highest BCUT2D eigenvalue weighted by Crippen LogP contribution is 2.03. The molecule has 0 saturated heterocycles. The van der Waals surface area contributed by atoms with Crippen molar-refractivity contribution < 1.29 is 9.50 Å². The number of hydrogen-bond acceptors (Lipinski definition) is 2. The van der Waals surface area contributed by atoms with Crippen LogP contribution in [0.3, 0.4) is 0 Å². The summed E-state index contributed by atoms with van der Waals surface area (Å²) in [6, 6.07) is 1.28. The van der Waals surface area contributed by atoms with Gasteiger partial charge in [0.25, 0.3) is 0 Å². The maximum Gasteiger partial charge on any atom is 0.129 e. The summed E-state index contributed by atoms with van der Waals surface area (Å²) in [5.74, 6) is -0.302. The van der Waals surface area contributed by atoms with Gasteiger partial charge in [0.15, 0.2) is 0 Å². The molecule has 0 atom stereocenters. The first-order valence-electron chi connectivity index (χ1n) is 3.04. The zero-order valence-corrected chi connectivity index (χ0v) is 5.42. The second-order valence-corrected chi connectivity index (χ2v) is 1.94. The standard InChI is InChI=1S/C7H8FNO/c8-7-1-3-9-5-6(7)2-4-10/h1,3,5,10H,2,4H2. The van der Waals surface area contributed by atoms with Crippen molar-refractivity contribution in [2.24, 2.45) is 0 Å². The van der Waals surface area contributed by atoms with Crippen LogP contribution in [-0.2, 0) is 6.42 Å². The molecule has 3 heteroatoms. The molecule has 0 aliphatic carbocycles. The summed E-state index contributed by atoms with van der Waals surface area (Å²) in [6.07, 6.45) is 3.14. The lowest BCUT2D eigenvalue weighted by Crippen LogP contribution is -1.94. The third-order valence-corrected chi connectivity index (χ3v) is 1.23. The molecule has 54 valence electrons. The summed E-state index contributed by atoms with van der Waals surface area (Å²) >= 11 is 0. The molecule has 0 radical (unpaired) electrons. The van der Waals surface area contributed by atoms with Crippen LogP contribution in [0.2, 0.25) is 0 Å². The Morgan fingerprint density at radius 2 is 2.40 bits per heavy atom. The molecule has 1 rings (SSSR count). The molecule has 0 aromatic carbocycles. The van der Waals surface area contributed by atoms with E-state index in [1.165, 1.54) is 18.5 Å². The molecule has 1 N–H and O–H groups in total. The summed E-state index contributed by atoms with van der Waals surface area (Å²) in [6.45, 7) is -0.0391. The summed E-state index contributed by atoms with van der Waals surface area (Å²) in [5.41, 5.74) is 0.463. The number of aliphatic hydroxyl groups is 1. The number of hydrogen-bond donors (Lipinski definition) is 1. The van der Waals surface area contributed by atoms with E-state index in [4.69, 9.17) is 5.11 Å². The van der Waals surface area contributed by atoms with E-state index in [1.807, 2.05) is 0 Å². The number of nitrogens with zero attached hydrogens (tertiary/aromatic N) is 1. The predicted octanol–water partition coefficient (Wildman–Crippen LogP) is 0.756. The van der Waals surface area contributed by atoms with Crippen LogP contribution < -0.4 is 0 Å². The molecule has 2 nitrogen and oxygen atoms in total. The summed E-state index contributed by atoms with van der Waals surface area (Å²) < 4.78 is 12.6. The zero-order chi connectivity index (χ0) is 7.40. The highest BCUT2D eigenvalue weighted by molar-refractivity contribution is 5.11. The first-order chi connectivity index (χ1) is 4.84. The topological polar surface area (TPSA) is 33.1 Å². The van der Waals surface area contributed by atoms with Crippen molar-refractivity contribution >= 4 is 0 Å². The third-order valence-electron chi connectivity index (χ3n) is 1.23. The molecule has 1 aromatic heterocycles. The van der Waals surface area contributed by atoms with Gasteiger partial charge in [-0.3, -0.25) is 4.98 Å². The van der Waals surface area contributed by atoms with Crippen molar-refractivity contribution in [2.45, 2.75) is 6.42 Å². The molecule has 0 saturated carbocycles. The van der Waals surface area contributed by atoms with Crippen LogP contribution in [0.1, 0.15) is 5.56 Å². The van der Waals surface area contributed by atoms with E-state index in [-0.39, 0.29) is 12.4 Å². The van der Waals surface area contributed by atoms with Crippen LogP contribution >= 0.6 is 0 Å². The molecule has 0 amide bonds. The molecule has 1 aromatic rings. The Hall–Kier alpha value is -0.960. The van der Waals surface area contributed by atoms with Crippen LogP contribution in [0.4, 0.5) is 4.39 Å². The molecule has 0 aliphatic rings. The minimum Gasteiger partial charge on any atom is -0.396 e. The lowest BCUT2D eigenvalue weighted by molar-refractivity contribution is 0.297. The normalized spacial score (nSPS) is 9.80. The minimum atomic E-state index is -0.302. The molecular weight excluding hydrogens is 133 g/mol. The average Bonchev–Trinajstić information content (AvgIpc) is 1.94. The van der Waals surface area contributed by atoms with Gasteiger partial charge in [-0.05, 0) is 12.5 Å². The van der Waals surface area contributed by atoms with Crippen molar-refractivity contribution in [2.75, 3.05) is 6.61 Å². The van der Waals surface area contributed by atoms with E-state index in [1.54, 1.807) is 0 Å². The van der Waals surface area contributed by atoms with Crippen molar-refractivity contribution in [1.29, 1.82) is 0 Å². The smallest absolute Gasteiger partial charge is 0.129 e. The van der Waals surface area contributed by atoms with Gasteiger partial charge in [0, 0.05) is 24.6 Å². The summed E-state index contributed by atoms with van der Waals surface area (Å²) in [7, 11) is 0. The van der Waals surface area contributed by atoms with Crippen LogP contribution in [0, 0.1) is 5.82 Å². The number of rotatable bonds is 2. The van der Waals surface area contributed by atoms with Crippen molar-refractivity contribution in [1.82, 2.24) is 4.98 Å². The maximum absolute atomic E-state index is 12.6. The predicted molar refractivity (Wildman–Crippen MR) is 35.0 cm³/mol. The summed E-state index contributed by atoms with van der Waals surface area (Å²) in [5, 5.41) is 8.45. The second-order valence-electron chi connectivity index (χ2n) is 1.94. The lowest BCUT2D eigenvalue weighted by atomic mass is 10.2. The Balaban J connectivity index is 2.81. The van der Waals surface area contributed by atoms with E-state index in [0.29, 0.717) is 12.0 Å². The van der Waals surface area contributed by atoms with Crippen LogP contribution in [0.25, 0.3) is 0 Å². The fourth-order valence-corrected chi connectivity index (χ4v) is 0.715. The van der Waals surface area contributed by atoms with Gasteiger partial charge in [0.2, 0.25) is 0 Å². The first kappa shape index (κ1) is 7.15. The fraction of sp³-hybridized carbons (Fsp3) is 0.286. The Morgan fingerprint density at radius 1 is 1.60 bits per heavy atom. The van der Waals surface area contributed by atoms with Gasteiger partial charge in [-0.1, -0.05) is 0 Å². The van der Waals surface area contributed by atoms with Crippen molar-refractivity contribution in [3.8, 4) is 0 Å². The molecule has 0 bridgehead atoms. The van der Waals surface area contributed by atoms with Gasteiger partial charge in [-0.25, -0.2) is 4.39 Å². The number of halogens is 1. The van der Waals surface area contributed by atoms with Gasteiger partial charge in [0.1, 0.15) is 5.82 Å². The van der Waals surface area contributed by atoms with E-state index < -0.39 is 0 Å². The molecule has 0 fully saturated rings. The van der Waals surface area contributed by atoms with Gasteiger partial charge >= 0.3 is 0 Å². The highest BCUT2D eigenvalue weighted by Gasteiger charge is 1.98. The monoisotopic (exact) mass is 141 g/mol. The van der Waals surface area contributed by atoms with Gasteiger partial charge in [-0.15, -0.1) is 0 Å². The van der Waals surface area contributed by atoms with Crippen LogP contribution in [-0.4, -0.2) is 16.7 Å². The number of aliphatic hydroxyl groups excluding tert-OH is 1. The molecular formula is C7H8FNO. The zero-order valence-electron chi connectivity index (χ0n) is 5.42. The molecule has 10 heavy (non-hydrogen) atoms. The Bertz CT molecular complexity index is 215.